The van der Waals surface area contributed by atoms with Gasteiger partial charge in [-0.1, -0.05) is 13.0 Å². The Kier molecular flexibility index (Phi) is 5.24. The highest BCUT2D eigenvalue weighted by molar-refractivity contribution is 7.89. The van der Waals surface area contributed by atoms with Gasteiger partial charge < -0.3 is 5.11 Å². The summed E-state index contributed by atoms with van der Waals surface area (Å²) in [7, 11) is -3.92. The SMILES string of the molecule is CCN(C(C)CC(=O)O)S(=O)(=O)c1cc(F)ccc1C. The van der Waals surface area contributed by atoms with Crippen molar-refractivity contribution in [1.82, 2.24) is 4.31 Å². The molecule has 0 fully saturated rings. The summed E-state index contributed by atoms with van der Waals surface area (Å²) in [5.41, 5.74) is 0.423. The predicted octanol–water partition coefficient (Wildman–Crippen LogP) is 2.01. The Hall–Kier alpha value is -1.47. The lowest BCUT2D eigenvalue weighted by molar-refractivity contribution is -0.137. The van der Waals surface area contributed by atoms with Gasteiger partial charge in [-0.3, -0.25) is 4.79 Å². The molecule has 0 aliphatic heterocycles. The van der Waals surface area contributed by atoms with E-state index in [0.29, 0.717) is 5.56 Å². The second kappa shape index (κ2) is 6.32. The molecule has 1 unspecified atom stereocenters. The van der Waals surface area contributed by atoms with Crippen molar-refractivity contribution in [3.05, 3.63) is 29.6 Å². The Morgan fingerprint density at radius 1 is 1.45 bits per heavy atom. The molecule has 5 nitrogen and oxygen atoms in total. The fourth-order valence-corrected chi connectivity index (χ4v) is 3.93. The van der Waals surface area contributed by atoms with Crippen LogP contribution in [0.3, 0.4) is 0 Å². The van der Waals surface area contributed by atoms with Crippen molar-refractivity contribution in [2.75, 3.05) is 6.54 Å². The van der Waals surface area contributed by atoms with Crippen LogP contribution in [-0.4, -0.2) is 36.4 Å². The van der Waals surface area contributed by atoms with E-state index < -0.39 is 27.9 Å². The molecule has 1 aromatic rings. The maximum absolute atomic E-state index is 13.3. The summed E-state index contributed by atoms with van der Waals surface area (Å²) in [6, 6.07) is 2.83. The van der Waals surface area contributed by atoms with Crippen molar-refractivity contribution in [1.29, 1.82) is 0 Å². The average molecular weight is 303 g/mol. The van der Waals surface area contributed by atoms with Crippen molar-refractivity contribution in [2.24, 2.45) is 0 Å². The fourth-order valence-electron chi connectivity index (χ4n) is 2.05. The maximum atomic E-state index is 13.3. The molecule has 112 valence electrons. The van der Waals surface area contributed by atoms with E-state index in [4.69, 9.17) is 5.11 Å². The first-order valence-corrected chi connectivity index (χ1v) is 7.64. The van der Waals surface area contributed by atoms with Crippen LogP contribution in [0, 0.1) is 12.7 Å². The minimum Gasteiger partial charge on any atom is -0.481 e. The highest BCUT2D eigenvalue weighted by Crippen LogP contribution is 2.23. The topological polar surface area (TPSA) is 74.7 Å². The molecule has 0 spiro atoms. The minimum absolute atomic E-state index is 0.118. The van der Waals surface area contributed by atoms with Crippen LogP contribution in [0.2, 0.25) is 0 Å². The second-order valence-electron chi connectivity index (χ2n) is 4.57. The quantitative estimate of drug-likeness (QED) is 0.872. The first-order chi connectivity index (χ1) is 9.20. The molecule has 0 heterocycles. The zero-order valence-corrected chi connectivity index (χ0v) is 12.4. The van der Waals surface area contributed by atoms with Gasteiger partial charge in [0.05, 0.1) is 11.3 Å². The number of carboxylic acid groups (broad SMARTS) is 1. The van der Waals surface area contributed by atoms with Gasteiger partial charge in [0.1, 0.15) is 5.82 Å². The van der Waals surface area contributed by atoms with E-state index >= 15 is 0 Å². The largest absolute Gasteiger partial charge is 0.481 e. The first kappa shape index (κ1) is 16.6. The highest BCUT2D eigenvalue weighted by Gasteiger charge is 2.30. The smallest absolute Gasteiger partial charge is 0.304 e. The van der Waals surface area contributed by atoms with Crippen LogP contribution < -0.4 is 0 Å². The van der Waals surface area contributed by atoms with E-state index in [9.17, 15) is 17.6 Å². The lowest BCUT2D eigenvalue weighted by atomic mass is 10.2. The molecular formula is C13H18FNO4S. The summed E-state index contributed by atoms with van der Waals surface area (Å²) in [5.74, 6) is -1.72. The molecule has 1 aromatic carbocycles. The normalized spacial score (nSPS) is 13.4. The number of benzene rings is 1. The van der Waals surface area contributed by atoms with Gasteiger partial charge in [-0.2, -0.15) is 4.31 Å². The van der Waals surface area contributed by atoms with Crippen LogP contribution in [0.1, 0.15) is 25.8 Å². The van der Waals surface area contributed by atoms with E-state index in [2.05, 4.69) is 0 Å². The van der Waals surface area contributed by atoms with Gasteiger partial charge in [0, 0.05) is 12.6 Å². The van der Waals surface area contributed by atoms with Gasteiger partial charge in [0.25, 0.3) is 0 Å². The third kappa shape index (κ3) is 3.55. The van der Waals surface area contributed by atoms with E-state index in [1.165, 1.54) is 19.1 Å². The van der Waals surface area contributed by atoms with Crippen LogP contribution >= 0.6 is 0 Å². The predicted molar refractivity (Wildman–Crippen MR) is 72.4 cm³/mol. The van der Waals surface area contributed by atoms with E-state index in [0.717, 1.165) is 10.4 Å². The Morgan fingerprint density at radius 2 is 2.05 bits per heavy atom. The Labute approximate surface area is 118 Å². The Morgan fingerprint density at radius 3 is 2.55 bits per heavy atom. The van der Waals surface area contributed by atoms with E-state index in [-0.39, 0.29) is 17.9 Å². The van der Waals surface area contributed by atoms with E-state index in [1.54, 1.807) is 13.8 Å². The maximum Gasteiger partial charge on any atom is 0.304 e. The number of sulfonamides is 1. The molecular weight excluding hydrogens is 285 g/mol. The molecule has 0 saturated heterocycles. The average Bonchev–Trinajstić information content (AvgIpc) is 2.31. The second-order valence-corrected chi connectivity index (χ2v) is 6.42. The number of aryl methyl sites for hydroxylation is 1. The lowest BCUT2D eigenvalue weighted by Crippen LogP contribution is -2.39. The first-order valence-electron chi connectivity index (χ1n) is 6.20. The van der Waals surface area contributed by atoms with Crippen molar-refractivity contribution < 1.29 is 22.7 Å². The molecule has 0 amide bonds. The summed E-state index contributed by atoms with van der Waals surface area (Å²) in [5, 5.41) is 8.78. The molecule has 0 aliphatic carbocycles. The van der Waals surface area contributed by atoms with Gasteiger partial charge in [-0.15, -0.1) is 0 Å². The van der Waals surface area contributed by atoms with Gasteiger partial charge >= 0.3 is 5.97 Å². The summed E-state index contributed by atoms with van der Waals surface area (Å²) in [6.07, 6.45) is -0.304. The number of carbonyl (C=O) groups is 1. The third-order valence-corrected chi connectivity index (χ3v) is 5.24. The summed E-state index contributed by atoms with van der Waals surface area (Å²) in [6.45, 7) is 4.82. The number of hydrogen-bond donors (Lipinski definition) is 1. The number of nitrogens with zero attached hydrogens (tertiary/aromatic N) is 1. The zero-order chi connectivity index (χ0) is 15.5. The van der Waals surface area contributed by atoms with Crippen molar-refractivity contribution >= 4 is 16.0 Å². The molecule has 0 aromatic heterocycles. The van der Waals surface area contributed by atoms with Gasteiger partial charge in [-0.25, -0.2) is 12.8 Å². The monoisotopic (exact) mass is 303 g/mol. The van der Waals surface area contributed by atoms with Crippen LogP contribution in [0.5, 0.6) is 0 Å². The molecule has 20 heavy (non-hydrogen) atoms. The lowest BCUT2D eigenvalue weighted by Gasteiger charge is -2.26. The van der Waals surface area contributed by atoms with Crippen LogP contribution in [0.25, 0.3) is 0 Å². The van der Waals surface area contributed by atoms with Gasteiger partial charge in [-0.05, 0) is 31.5 Å². The van der Waals surface area contributed by atoms with Crippen LogP contribution in [0.4, 0.5) is 4.39 Å². The number of carboxylic acids is 1. The summed E-state index contributed by atoms with van der Waals surface area (Å²) < 4.78 is 39.4. The van der Waals surface area contributed by atoms with Crippen LogP contribution in [-0.2, 0) is 14.8 Å². The summed E-state index contributed by atoms with van der Waals surface area (Å²) >= 11 is 0. The van der Waals surface area contributed by atoms with Crippen molar-refractivity contribution in [3.8, 4) is 0 Å². The molecule has 0 saturated carbocycles. The number of halogens is 1. The molecule has 7 heteroatoms. The third-order valence-electron chi connectivity index (χ3n) is 3.01. The minimum atomic E-state index is -3.92. The molecule has 0 bridgehead atoms. The highest BCUT2D eigenvalue weighted by atomic mass is 32.2. The van der Waals surface area contributed by atoms with Gasteiger partial charge in [0.15, 0.2) is 0 Å². The Bertz CT molecular complexity index is 600. The molecule has 1 N–H and O–H groups in total. The van der Waals surface area contributed by atoms with E-state index in [1.807, 2.05) is 0 Å². The van der Waals surface area contributed by atoms with Crippen LogP contribution in [0.15, 0.2) is 23.1 Å². The molecule has 0 radical (unpaired) electrons. The fraction of sp³-hybridized carbons (Fsp3) is 0.462. The Balaban J connectivity index is 3.25. The van der Waals surface area contributed by atoms with Gasteiger partial charge in [0.2, 0.25) is 10.0 Å². The number of hydrogen-bond acceptors (Lipinski definition) is 3. The number of rotatable bonds is 6. The number of aliphatic carboxylic acids is 1. The zero-order valence-electron chi connectivity index (χ0n) is 11.6. The molecule has 1 rings (SSSR count). The molecule has 0 aliphatic rings. The van der Waals surface area contributed by atoms with Crippen molar-refractivity contribution in [3.63, 3.8) is 0 Å². The molecule has 1 atom stereocenters. The summed E-state index contributed by atoms with van der Waals surface area (Å²) in [4.78, 5) is 10.6. The standard InChI is InChI=1S/C13H18FNO4S/c1-4-15(10(3)7-13(16)17)20(18,19)12-8-11(14)6-5-9(12)2/h5-6,8,10H,4,7H2,1-3H3,(H,16,17). The van der Waals surface area contributed by atoms with Crippen molar-refractivity contribution in [2.45, 2.75) is 38.1 Å².